The SMILES string of the molecule is CC(C)CS(=O)(=O)N1CCC[C@@H](C(=O)O)C1. The fourth-order valence-corrected chi connectivity index (χ4v) is 3.79. The van der Waals surface area contributed by atoms with E-state index in [0.29, 0.717) is 19.4 Å². The van der Waals surface area contributed by atoms with Crippen LogP contribution in [0.3, 0.4) is 0 Å². The molecule has 1 saturated heterocycles. The van der Waals surface area contributed by atoms with Crippen LogP contribution in [-0.2, 0) is 14.8 Å². The first-order valence-electron chi connectivity index (χ1n) is 5.53. The van der Waals surface area contributed by atoms with E-state index in [9.17, 15) is 13.2 Å². The number of carboxylic acids is 1. The van der Waals surface area contributed by atoms with Crippen molar-refractivity contribution in [2.45, 2.75) is 26.7 Å². The average molecular weight is 249 g/mol. The van der Waals surface area contributed by atoms with Crippen LogP contribution in [0.25, 0.3) is 0 Å². The Hall–Kier alpha value is -0.620. The second kappa shape index (κ2) is 5.14. The minimum atomic E-state index is -3.28. The van der Waals surface area contributed by atoms with Gasteiger partial charge in [-0.15, -0.1) is 0 Å². The lowest BCUT2D eigenvalue weighted by molar-refractivity contribution is -0.142. The summed E-state index contributed by atoms with van der Waals surface area (Å²) in [7, 11) is -3.28. The second-order valence-corrected chi connectivity index (χ2v) is 6.72. The summed E-state index contributed by atoms with van der Waals surface area (Å²) >= 11 is 0. The molecule has 0 aromatic carbocycles. The fourth-order valence-electron chi connectivity index (χ4n) is 1.92. The molecule has 0 radical (unpaired) electrons. The van der Waals surface area contributed by atoms with Gasteiger partial charge in [0.2, 0.25) is 10.0 Å². The largest absolute Gasteiger partial charge is 0.481 e. The molecule has 1 aliphatic rings. The number of carbonyl (C=O) groups is 1. The van der Waals surface area contributed by atoms with E-state index in [1.807, 2.05) is 13.8 Å². The van der Waals surface area contributed by atoms with Crippen molar-refractivity contribution < 1.29 is 18.3 Å². The Bertz CT molecular complexity index is 350. The molecule has 1 atom stereocenters. The molecule has 1 heterocycles. The summed E-state index contributed by atoms with van der Waals surface area (Å²) in [5.74, 6) is -1.28. The molecule has 5 nitrogen and oxygen atoms in total. The summed E-state index contributed by atoms with van der Waals surface area (Å²) in [6, 6.07) is 0. The molecular weight excluding hydrogens is 230 g/mol. The molecule has 1 N–H and O–H groups in total. The van der Waals surface area contributed by atoms with Gasteiger partial charge in [0.25, 0.3) is 0 Å². The summed E-state index contributed by atoms with van der Waals surface area (Å²) < 4.78 is 25.1. The number of hydrogen-bond donors (Lipinski definition) is 1. The molecule has 0 saturated carbocycles. The van der Waals surface area contributed by atoms with Crippen LogP contribution in [0.4, 0.5) is 0 Å². The Morgan fingerprint density at radius 1 is 1.50 bits per heavy atom. The van der Waals surface area contributed by atoms with Gasteiger partial charge in [0.1, 0.15) is 0 Å². The summed E-state index contributed by atoms with van der Waals surface area (Å²) in [6.45, 7) is 4.27. The van der Waals surface area contributed by atoms with E-state index in [-0.39, 0.29) is 18.2 Å². The van der Waals surface area contributed by atoms with Crippen molar-refractivity contribution >= 4 is 16.0 Å². The van der Waals surface area contributed by atoms with E-state index in [0.717, 1.165) is 0 Å². The van der Waals surface area contributed by atoms with Crippen molar-refractivity contribution in [1.82, 2.24) is 4.31 Å². The van der Waals surface area contributed by atoms with Gasteiger partial charge in [0.05, 0.1) is 11.7 Å². The van der Waals surface area contributed by atoms with Crippen LogP contribution in [0.2, 0.25) is 0 Å². The molecule has 16 heavy (non-hydrogen) atoms. The lowest BCUT2D eigenvalue weighted by Crippen LogP contribution is -2.43. The maximum atomic E-state index is 11.9. The molecule has 0 amide bonds. The van der Waals surface area contributed by atoms with Crippen LogP contribution in [-0.4, -0.2) is 42.6 Å². The van der Waals surface area contributed by atoms with Crippen molar-refractivity contribution in [3.8, 4) is 0 Å². The summed E-state index contributed by atoms with van der Waals surface area (Å²) in [4.78, 5) is 10.8. The predicted molar refractivity (Wildman–Crippen MR) is 60.6 cm³/mol. The van der Waals surface area contributed by atoms with Crippen LogP contribution in [0.1, 0.15) is 26.7 Å². The highest BCUT2D eigenvalue weighted by Crippen LogP contribution is 2.20. The van der Waals surface area contributed by atoms with Gasteiger partial charge in [-0.05, 0) is 18.8 Å². The maximum Gasteiger partial charge on any atom is 0.307 e. The van der Waals surface area contributed by atoms with E-state index in [1.54, 1.807) is 0 Å². The normalized spacial score (nSPS) is 23.6. The Balaban J connectivity index is 2.70. The number of nitrogens with zero attached hydrogens (tertiary/aromatic N) is 1. The Morgan fingerprint density at radius 2 is 2.12 bits per heavy atom. The zero-order valence-electron chi connectivity index (χ0n) is 9.72. The minimum Gasteiger partial charge on any atom is -0.481 e. The third-order valence-electron chi connectivity index (χ3n) is 2.67. The lowest BCUT2D eigenvalue weighted by Gasteiger charge is -2.30. The second-order valence-electron chi connectivity index (χ2n) is 4.71. The lowest BCUT2D eigenvalue weighted by atomic mass is 10.0. The number of carboxylic acid groups (broad SMARTS) is 1. The quantitative estimate of drug-likeness (QED) is 0.798. The molecule has 0 spiro atoms. The molecule has 0 aromatic rings. The van der Waals surface area contributed by atoms with Crippen molar-refractivity contribution in [1.29, 1.82) is 0 Å². The minimum absolute atomic E-state index is 0.0650. The molecule has 6 heteroatoms. The van der Waals surface area contributed by atoms with Gasteiger partial charge in [0.15, 0.2) is 0 Å². The summed E-state index contributed by atoms with van der Waals surface area (Å²) in [6.07, 6.45) is 1.21. The van der Waals surface area contributed by atoms with Crippen molar-refractivity contribution in [2.24, 2.45) is 11.8 Å². The van der Waals surface area contributed by atoms with Gasteiger partial charge in [0, 0.05) is 13.1 Å². The smallest absolute Gasteiger partial charge is 0.307 e. The molecule has 1 aliphatic heterocycles. The average Bonchev–Trinajstić information content (AvgIpc) is 2.16. The zero-order valence-corrected chi connectivity index (χ0v) is 10.5. The third kappa shape index (κ3) is 3.45. The van der Waals surface area contributed by atoms with E-state index in [2.05, 4.69) is 0 Å². The van der Waals surface area contributed by atoms with Crippen LogP contribution < -0.4 is 0 Å². The van der Waals surface area contributed by atoms with E-state index in [4.69, 9.17) is 5.11 Å². The first-order chi connectivity index (χ1) is 7.33. The van der Waals surface area contributed by atoms with Crippen LogP contribution in [0.5, 0.6) is 0 Å². The van der Waals surface area contributed by atoms with E-state index < -0.39 is 21.9 Å². The van der Waals surface area contributed by atoms with Gasteiger partial charge < -0.3 is 5.11 Å². The van der Waals surface area contributed by atoms with Crippen molar-refractivity contribution in [2.75, 3.05) is 18.8 Å². The Labute approximate surface area is 96.5 Å². The third-order valence-corrected chi connectivity index (χ3v) is 4.88. The Morgan fingerprint density at radius 3 is 2.62 bits per heavy atom. The standard InChI is InChI=1S/C10H19NO4S/c1-8(2)7-16(14,15)11-5-3-4-9(6-11)10(12)13/h8-9H,3-7H2,1-2H3,(H,12,13)/t9-/m1/s1. The topological polar surface area (TPSA) is 74.7 Å². The molecule has 0 bridgehead atoms. The number of sulfonamides is 1. The van der Waals surface area contributed by atoms with Crippen LogP contribution in [0.15, 0.2) is 0 Å². The summed E-state index contributed by atoms with van der Waals surface area (Å²) in [5, 5.41) is 8.88. The number of hydrogen-bond acceptors (Lipinski definition) is 3. The monoisotopic (exact) mass is 249 g/mol. The molecule has 1 fully saturated rings. The fraction of sp³-hybridized carbons (Fsp3) is 0.900. The first-order valence-corrected chi connectivity index (χ1v) is 7.14. The van der Waals surface area contributed by atoms with Gasteiger partial charge in [-0.1, -0.05) is 13.8 Å². The highest BCUT2D eigenvalue weighted by Gasteiger charge is 2.32. The van der Waals surface area contributed by atoms with E-state index >= 15 is 0 Å². The molecule has 94 valence electrons. The first kappa shape index (κ1) is 13.4. The Kier molecular flexibility index (Phi) is 4.32. The van der Waals surface area contributed by atoms with Crippen molar-refractivity contribution in [3.63, 3.8) is 0 Å². The van der Waals surface area contributed by atoms with Crippen LogP contribution in [0, 0.1) is 11.8 Å². The molecule has 0 aromatic heterocycles. The van der Waals surface area contributed by atoms with Gasteiger partial charge in [-0.2, -0.15) is 0 Å². The number of rotatable bonds is 4. The van der Waals surface area contributed by atoms with Gasteiger partial charge in [-0.25, -0.2) is 12.7 Å². The molecule has 0 aliphatic carbocycles. The highest BCUT2D eigenvalue weighted by atomic mass is 32.2. The predicted octanol–water partition coefficient (Wildman–Crippen LogP) is 0.769. The van der Waals surface area contributed by atoms with Crippen molar-refractivity contribution in [3.05, 3.63) is 0 Å². The zero-order chi connectivity index (χ0) is 12.3. The number of aliphatic carboxylic acids is 1. The van der Waals surface area contributed by atoms with Gasteiger partial charge in [-0.3, -0.25) is 4.79 Å². The van der Waals surface area contributed by atoms with E-state index in [1.165, 1.54) is 4.31 Å². The van der Waals surface area contributed by atoms with Gasteiger partial charge >= 0.3 is 5.97 Å². The molecular formula is C10H19NO4S. The maximum absolute atomic E-state index is 11.9. The molecule has 1 rings (SSSR count). The molecule has 0 unspecified atom stereocenters. The summed E-state index contributed by atoms with van der Waals surface area (Å²) in [5.41, 5.74) is 0. The number of piperidine rings is 1. The highest BCUT2D eigenvalue weighted by molar-refractivity contribution is 7.89. The van der Waals surface area contributed by atoms with Crippen LogP contribution >= 0.6 is 0 Å².